The Kier molecular flexibility index (Phi) is 4.44. The van der Waals surface area contributed by atoms with E-state index in [0.29, 0.717) is 12.5 Å². The van der Waals surface area contributed by atoms with Crippen molar-refractivity contribution in [2.24, 2.45) is 17.8 Å². The van der Waals surface area contributed by atoms with Crippen molar-refractivity contribution in [3.05, 3.63) is 0 Å². The molecule has 0 bridgehead atoms. The first-order valence-corrected chi connectivity index (χ1v) is 6.91. The van der Waals surface area contributed by atoms with E-state index in [1.54, 1.807) is 0 Å². The highest BCUT2D eigenvalue weighted by Gasteiger charge is 2.32. The average molecular weight is 254 g/mol. The molecule has 5 heteroatoms. The molecule has 2 rings (SSSR count). The van der Waals surface area contributed by atoms with Crippen LogP contribution >= 0.6 is 0 Å². The second-order valence-electron chi connectivity index (χ2n) is 5.52. The van der Waals surface area contributed by atoms with Gasteiger partial charge in [-0.3, -0.25) is 4.79 Å². The molecule has 3 N–H and O–H groups in total. The van der Waals surface area contributed by atoms with E-state index in [4.69, 9.17) is 5.11 Å². The van der Waals surface area contributed by atoms with Gasteiger partial charge < -0.3 is 15.7 Å². The van der Waals surface area contributed by atoms with Crippen LogP contribution in [0.25, 0.3) is 0 Å². The summed E-state index contributed by atoms with van der Waals surface area (Å²) in [5, 5.41) is 14.7. The SMILES string of the molecule is O=C(NCC1CCC1)NCC1CCCC1C(=O)O. The van der Waals surface area contributed by atoms with Gasteiger partial charge in [-0.1, -0.05) is 12.8 Å². The minimum Gasteiger partial charge on any atom is -0.481 e. The van der Waals surface area contributed by atoms with Gasteiger partial charge in [0.1, 0.15) is 0 Å². The summed E-state index contributed by atoms with van der Waals surface area (Å²) in [5.41, 5.74) is 0. The lowest BCUT2D eigenvalue weighted by molar-refractivity contribution is -0.142. The van der Waals surface area contributed by atoms with E-state index in [1.165, 1.54) is 19.3 Å². The first kappa shape index (κ1) is 13.2. The molecule has 2 saturated carbocycles. The normalized spacial score (nSPS) is 27.6. The van der Waals surface area contributed by atoms with Crippen molar-refractivity contribution in [3.8, 4) is 0 Å². The highest BCUT2D eigenvalue weighted by atomic mass is 16.4. The zero-order chi connectivity index (χ0) is 13.0. The fraction of sp³-hybridized carbons (Fsp3) is 0.846. The van der Waals surface area contributed by atoms with E-state index in [9.17, 15) is 9.59 Å². The Morgan fingerprint density at radius 2 is 1.67 bits per heavy atom. The summed E-state index contributed by atoms with van der Waals surface area (Å²) in [6.07, 6.45) is 6.29. The van der Waals surface area contributed by atoms with Gasteiger partial charge >= 0.3 is 12.0 Å². The molecule has 0 aromatic rings. The predicted molar refractivity (Wildman–Crippen MR) is 67.2 cm³/mol. The quantitative estimate of drug-likeness (QED) is 0.697. The molecule has 2 aliphatic rings. The number of rotatable bonds is 5. The maximum absolute atomic E-state index is 11.6. The molecule has 0 heterocycles. The summed E-state index contributed by atoms with van der Waals surface area (Å²) in [6.45, 7) is 1.23. The molecule has 0 spiro atoms. The van der Waals surface area contributed by atoms with Crippen LogP contribution < -0.4 is 10.6 Å². The standard InChI is InChI=1S/C13H22N2O3/c16-12(17)11-6-2-5-10(11)8-15-13(18)14-7-9-3-1-4-9/h9-11H,1-8H2,(H,16,17)(H2,14,15,18). The molecule has 102 valence electrons. The number of aliphatic carboxylic acids is 1. The first-order valence-electron chi connectivity index (χ1n) is 6.91. The molecule has 2 unspecified atom stereocenters. The lowest BCUT2D eigenvalue weighted by Gasteiger charge is -2.25. The highest BCUT2D eigenvalue weighted by Crippen LogP contribution is 2.31. The summed E-state index contributed by atoms with van der Waals surface area (Å²) in [5.74, 6) is -0.267. The molecule has 0 aromatic heterocycles. The minimum absolute atomic E-state index is 0.0944. The first-order chi connectivity index (χ1) is 8.66. The third kappa shape index (κ3) is 3.37. The van der Waals surface area contributed by atoms with Crippen LogP contribution in [0.1, 0.15) is 38.5 Å². The number of hydrogen-bond donors (Lipinski definition) is 3. The highest BCUT2D eigenvalue weighted by molar-refractivity contribution is 5.74. The molecular formula is C13H22N2O3. The van der Waals surface area contributed by atoms with E-state index in [1.807, 2.05) is 0 Å². The molecule has 18 heavy (non-hydrogen) atoms. The van der Waals surface area contributed by atoms with Crippen molar-refractivity contribution in [3.63, 3.8) is 0 Å². The molecule has 2 atom stereocenters. The molecular weight excluding hydrogens is 232 g/mol. The topological polar surface area (TPSA) is 78.4 Å². The van der Waals surface area contributed by atoms with Gasteiger partial charge in [-0.05, 0) is 37.5 Å². The average Bonchev–Trinajstić information content (AvgIpc) is 2.72. The Balaban J connectivity index is 1.63. The Morgan fingerprint density at radius 3 is 2.28 bits per heavy atom. The predicted octanol–water partition coefficient (Wildman–Crippen LogP) is 1.59. The third-order valence-corrected chi connectivity index (χ3v) is 4.28. The van der Waals surface area contributed by atoms with Gasteiger partial charge in [0.2, 0.25) is 0 Å². The number of urea groups is 1. The summed E-state index contributed by atoms with van der Waals surface area (Å²) in [6, 6.07) is -0.155. The zero-order valence-corrected chi connectivity index (χ0v) is 10.7. The number of hydrogen-bond acceptors (Lipinski definition) is 2. The smallest absolute Gasteiger partial charge is 0.314 e. The maximum Gasteiger partial charge on any atom is 0.314 e. The van der Waals surface area contributed by atoms with Gasteiger partial charge in [0.25, 0.3) is 0 Å². The summed E-state index contributed by atoms with van der Waals surface area (Å²) in [4.78, 5) is 22.5. The number of carbonyl (C=O) groups is 2. The van der Waals surface area contributed by atoms with E-state index in [2.05, 4.69) is 10.6 Å². The molecule has 0 aliphatic heterocycles. The number of carboxylic acid groups (broad SMARTS) is 1. The van der Waals surface area contributed by atoms with Crippen LogP contribution in [0.3, 0.4) is 0 Å². The van der Waals surface area contributed by atoms with Crippen LogP contribution in [-0.4, -0.2) is 30.2 Å². The van der Waals surface area contributed by atoms with Gasteiger partial charge in [-0.15, -0.1) is 0 Å². The summed E-state index contributed by atoms with van der Waals surface area (Å²) in [7, 11) is 0. The molecule has 0 radical (unpaired) electrons. The molecule has 0 saturated heterocycles. The minimum atomic E-state index is -0.728. The fourth-order valence-corrected chi connectivity index (χ4v) is 2.83. The maximum atomic E-state index is 11.6. The lowest BCUT2D eigenvalue weighted by Crippen LogP contribution is -2.42. The molecule has 5 nitrogen and oxygen atoms in total. The largest absolute Gasteiger partial charge is 0.481 e. The van der Waals surface area contributed by atoms with Gasteiger partial charge in [-0.2, -0.15) is 0 Å². The van der Waals surface area contributed by atoms with Crippen LogP contribution in [0.2, 0.25) is 0 Å². The summed E-state index contributed by atoms with van der Waals surface area (Å²) < 4.78 is 0. The van der Waals surface area contributed by atoms with Crippen molar-refractivity contribution in [1.29, 1.82) is 0 Å². The zero-order valence-electron chi connectivity index (χ0n) is 10.7. The van der Waals surface area contributed by atoms with Crippen LogP contribution in [0.5, 0.6) is 0 Å². The molecule has 2 fully saturated rings. The number of amides is 2. The Morgan fingerprint density at radius 1 is 1.00 bits per heavy atom. The number of carboxylic acids is 1. The van der Waals surface area contributed by atoms with E-state index >= 15 is 0 Å². The van der Waals surface area contributed by atoms with Crippen molar-refractivity contribution in [1.82, 2.24) is 10.6 Å². The van der Waals surface area contributed by atoms with E-state index in [-0.39, 0.29) is 17.9 Å². The second kappa shape index (κ2) is 6.07. The molecule has 2 amide bonds. The van der Waals surface area contributed by atoms with Gasteiger partial charge in [-0.25, -0.2) is 4.79 Å². The van der Waals surface area contributed by atoms with Crippen LogP contribution in [0.4, 0.5) is 4.79 Å². The fourth-order valence-electron chi connectivity index (χ4n) is 2.83. The van der Waals surface area contributed by atoms with E-state index in [0.717, 1.165) is 25.8 Å². The van der Waals surface area contributed by atoms with Crippen molar-refractivity contribution in [2.45, 2.75) is 38.5 Å². The van der Waals surface area contributed by atoms with Crippen LogP contribution in [0.15, 0.2) is 0 Å². The number of carbonyl (C=O) groups excluding carboxylic acids is 1. The lowest BCUT2D eigenvalue weighted by atomic mass is 9.85. The second-order valence-corrected chi connectivity index (χ2v) is 5.52. The Hall–Kier alpha value is -1.26. The third-order valence-electron chi connectivity index (χ3n) is 4.28. The summed E-state index contributed by atoms with van der Waals surface area (Å²) >= 11 is 0. The van der Waals surface area contributed by atoms with Crippen molar-refractivity contribution in [2.75, 3.05) is 13.1 Å². The van der Waals surface area contributed by atoms with Gasteiger partial charge in [0.05, 0.1) is 5.92 Å². The molecule has 2 aliphatic carbocycles. The molecule has 0 aromatic carbocycles. The monoisotopic (exact) mass is 254 g/mol. The Labute approximate surface area is 107 Å². The van der Waals surface area contributed by atoms with E-state index < -0.39 is 5.97 Å². The Bertz CT molecular complexity index is 315. The van der Waals surface area contributed by atoms with Crippen molar-refractivity contribution < 1.29 is 14.7 Å². The van der Waals surface area contributed by atoms with Gasteiger partial charge in [0, 0.05) is 13.1 Å². The van der Waals surface area contributed by atoms with Gasteiger partial charge in [0.15, 0.2) is 0 Å². The van der Waals surface area contributed by atoms with Crippen LogP contribution in [-0.2, 0) is 4.79 Å². The van der Waals surface area contributed by atoms with Crippen LogP contribution in [0, 0.1) is 17.8 Å². The van der Waals surface area contributed by atoms with Crippen molar-refractivity contribution >= 4 is 12.0 Å². The number of nitrogens with one attached hydrogen (secondary N) is 2.